The Morgan fingerprint density at radius 1 is 1.13 bits per heavy atom. The van der Waals surface area contributed by atoms with E-state index in [1.54, 1.807) is 19.6 Å². The van der Waals surface area contributed by atoms with Gasteiger partial charge in [0.15, 0.2) is 11.5 Å². The molecule has 3 heterocycles. The van der Waals surface area contributed by atoms with E-state index in [1.165, 1.54) is 24.2 Å². The number of thiazole rings is 1. The third-order valence-corrected chi connectivity index (χ3v) is 6.31. The number of anilines is 1. The van der Waals surface area contributed by atoms with E-state index < -0.39 is 0 Å². The largest absolute Gasteiger partial charge is 0.493 e. The lowest BCUT2D eigenvalue weighted by Crippen LogP contribution is -2.26. The summed E-state index contributed by atoms with van der Waals surface area (Å²) in [4.78, 5) is 24.1. The van der Waals surface area contributed by atoms with Crippen molar-refractivity contribution in [3.8, 4) is 22.1 Å². The maximum atomic E-state index is 12.7. The van der Waals surface area contributed by atoms with Crippen molar-refractivity contribution in [2.75, 3.05) is 32.2 Å². The minimum Gasteiger partial charge on any atom is -0.493 e. The van der Waals surface area contributed by atoms with Gasteiger partial charge in [-0.2, -0.15) is 0 Å². The van der Waals surface area contributed by atoms with E-state index in [4.69, 9.17) is 9.47 Å². The highest BCUT2D eigenvalue weighted by molar-refractivity contribution is 7.13. The SMILES string of the molecule is COc1ccc(C(C)NC(=O)c2csc(-c3ccc(N4CCCC4)nc3)n2)cc1OC. The number of carbonyl (C=O) groups is 1. The maximum absolute atomic E-state index is 12.7. The van der Waals surface area contributed by atoms with E-state index in [0.717, 1.165) is 35.0 Å². The van der Waals surface area contributed by atoms with Gasteiger partial charge in [-0.15, -0.1) is 11.3 Å². The number of ether oxygens (including phenoxy) is 2. The van der Waals surface area contributed by atoms with Crippen LogP contribution in [-0.4, -0.2) is 43.2 Å². The Bertz CT molecular complexity index is 1050. The fourth-order valence-electron chi connectivity index (χ4n) is 3.63. The van der Waals surface area contributed by atoms with Gasteiger partial charge in [-0.1, -0.05) is 6.07 Å². The first-order valence-corrected chi connectivity index (χ1v) is 11.2. The Kier molecular flexibility index (Phi) is 6.36. The zero-order valence-electron chi connectivity index (χ0n) is 17.9. The van der Waals surface area contributed by atoms with Gasteiger partial charge in [0.1, 0.15) is 16.5 Å². The van der Waals surface area contributed by atoms with E-state index in [0.29, 0.717) is 17.2 Å². The molecule has 0 aliphatic carbocycles. The van der Waals surface area contributed by atoms with Crippen molar-refractivity contribution in [2.45, 2.75) is 25.8 Å². The Balaban J connectivity index is 1.43. The zero-order chi connectivity index (χ0) is 21.8. The number of amides is 1. The van der Waals surface area contributed by atoms with Crippen molar-refractivity contribution in [2.24, 2.45) is 0 Å². The minimum absolute atomic E-state index is 0.209. The summed E-state index contributed by atoms with van der Waals surface area (Å²) in [6, 6.07) is 9.44. The molecule has 2 aromatic heterocycles. The molecule has 1 N–H and O–H groups in total. The molecule has 0 saturated carbocycles. The van der Waals surface area contributed by atoms with E-state index >= 15 is 0 Å². The fraction of sp³-hybridized carbons (Fsp3) is 0.348. The molecule has 0 radical (unpaired) electrons. The number of rotatable bonds is 7. The third kappa shape index (κ3) is 4.64. The first kappa shape index (κ1) is 21.1. The van der Waals surface area contributed by atoms with Crippen molar-refractivity contribution >= 4 is 23.1 Å². The number of pyridine rings is 1. The first-order valence-electron chi connectivity index (χ1n) is 10.3. The normalized spacial score (nSPS) is 14.4. The average Bonchev–Trinajstić information content (AvgIpc) is 3.51. The second kappa shape index (κ2) is 9.34. The van der Waals surface area contributed by atoms with E-state index in [2.05, 4.69) is 20.2 Å². The molecule has 1 aromatic carbocycles. The molecular formula is C23H26N4O3S. The summed E-state index contributed by atoms with van der Waals surface area (Å²) in [5.74, 6) is 2.06. The van der Waals surface area contributed by atoms with Gasteiger partial charge in [0.05, 0.1) is 20.3 Å². The highest BCUT2D eigenvalue weighted by atomic mass is 32.1. The summed E-state index contributed by atoms with van der Waals surface area (Å²) < 4.78 is 10.6. The van der Waals surface area contributed by atoms with Crippen LogP contribution in [0.4, 0.5) is 5.82 Å². The fourth-order valence-corrected chi connectivity index (χ4v) is 4.42. The van der Waals surface area contributed by atoms with Crippen LogP contribution in [0, 0.1) is 0 Å². The summed E-state index contributed by atoms with van der Waals surface area (Å²) in [6.45, 7) is 4.05. The molecule has 31 heavy (non-hydrogen) atoms. The van der Waals surface area contributed by atoms with Gasteiger partial charge in [0.25, 0.3) is 5.91 Å². The Morgan fingerprint density at radius 3 is 2.58 bits per heavy atom. The van der Waals surface area contributed by atoms with Crippen molar-refractivity contribution in [3.63, 3.8) is 0 Å². The maximum Gasteiger partial charge on any atom is 0.271 e. The summed E-state index contributed by atoms with van der Waals surface area (Å²) in [5.41, 5.74) is 2.24. The molecule has 1 saturated heterocycles. The molecule has 1 atom stereocenters. The van der Waals surface area contributed by atoms with Crippen LogP contribution in [0.1, 0.15) is 41.9 Å². The van der Waals surface area contributed by atoms with Crippen LogP contribution < -0.4 is 19.7 Å². The lowest BCUT2D eigenvalue weighted by Gasteiger charge is -2.16. The summed E-state index contributed by atoms with van der Waals surface area (Å²) in [5, 5.41) is 5.56. The molecule has 0 bridgehead atoms. The molecule has 0 spiro atoms. The number of nitrogens with one attached hydrogen (secondary N) is 1. The van der Waals surface area contributed by atoms with E-state index in [-0.39, 0.29) is 11.9 Å². The van der Waals surface area contributed by atoms with Crippen LogP contribution in [0.25, 0.3) is 10.6 Å². The second-order valence-corrected chi connectivity index (χ2v) is 8.30. The average molecular weight is 439 g/mol. The topological polar surface area (TPSA) is 76.6 Å². The van der Waals surface area contributed by atoms with E-state index in [1.807, 2.05) is 43.5 Å². The predicted octanol–water partition coefficient (Wildman–Crippen LogP) is 4.31. The number of hydrogen-bond acceptors (Lipinski definition) is 7. The molecule has 1 amide bonds. The minimum atomic E-state index is -0.216. The molecule has 8 heteroatoms. The van der Waals surface area contributed by atoms with Gasteiger partial charge in [-0.3, -0.25) is 4.79 Å². The number of hydrogen-bond donors (Lipinski definition) is 1. The molecule has 3 aromatic rings. The zero-order valence-corrected chi connectivity index (χ0v) is 18.7. The molecule has 7 nitrogen and oxygen atoms in total. The predicted molar refractivity (Wildman–Crippen MR) is 122 cm³/mol. The summed E-state index contributed by atoms with van der Waals surface area (Å²) in [7, 11) is 3.19. The first-order chi connectivity index (χ1) is 15.1. The monoisotopic (exact) mass is 438 g/mol. The Morgan fingerprint density at radius 2 is 1.90 bits per heavy atom. The van der Waals surface area contributed by atoms with Gasteiger partial charge in [-0.05, 0) is 49.6 Å². The number of methoxy groups -OCH3 is 2. The van der Waals surface area contributed by atoms with Crippen LogP contribution in [-0.2, 0) is 0 Å². The lowest BCUT2D eigenvalue weighted by molar-refractivity contribution is 0.0935. The van der Waals surface area contributed by atoms with Gasteiger partial charge in [0.2, 0.25) is 0 Å². The van der Waals surface area contributed by atoms with Crippen LogP contribution in [0.5, 0.6) is 11.5 Å². The van der Waals surface area contributed by atoms with Crippen molar-refractivity contribution in [1.29, 1.82) is 0 Å². The number of carbonyl (C=O) groups excluding carboxylic acids is 1. The van der Waals surface area contributed by atoms with Gasteiger partial charge < -0.3 is 19.7 Å². The molecule has 1 aliphatic rings. The van der Waals surface area contributed by atoms with E-state index in [9.17, 15) is 4.79 Å². The quantitative estimate of drug-likeness (QED) is 0.592. The molecule has 4 rings (SSSR count). The molecule has 1 unspecified atom stereocenters. The molecular weight excluding hydrogens is 412 g/mol. The highest BCUT2D eigenvalue weighted by Crippen LogP contribution is 2.30. The number of benzene rings is 1. The standard InChI is InChI=1S/C23H26N4O3S/c1-15(16-6-8-19(29-2)20(12-16)30-3)25-22(28)18-14-31-23(26-18)17-7-9-21(24-13-17)27-10-4-5-11-27/h6-9,12-15H,4-5,10-11H2,1-3H3,(H,25,28). The van der Waals surface area contributed by atoms with Crippen molar-refractivity contribution in [3.05, 3.63) is 53.2 Å². The van der Waals surface area contributed by atoms with Crippen LogP contribution in [0.2, 0.25) is 0 Å². The molecule has 1 fully saturated rings. The number of aromatic nitrogens is 2. The van der Waals surface area contributed by atoms with Gasteiger partial charge in [-0.25, -0.2) is 9.97 Å². The molecule has 162 valence electrons. The van der Waals surface area contributed by atoms with Crippen LogP contribution >= 0.6 is 11.3 Å². The van der Waals surface area contributed by atoms with Crippen LogP contribution in [0.3, 0.4) is 0 Å². The van der Waals surface area contributed by atoms with Crippen molar-refractivity contribution < 1.29 is 14.3 Å². The smallest absolute Gasteiger partial charge is 0.271 e. The lowest BCUT2D eigenvalue weighted by atomic mass is 10.1. The third-order valence-electron chi connectivity index (χ3n) is 5.42. The second-order valence-electron chi connectivity index (χ2n) is 7.45. The Labute approximate surface area is 186 Å². The van der Waals surface area contributed by atoms with Crippen molar-refractivity contribution in [1.82, 2.24) is 15.3 Å². The number of nitrogens with zero attached hydrogens (tertiary/aromatic N) is 3. The summed E-state index contributed by atoms with van der Waals surface area (Å²) in [6.07, 6.45) is 4.27. The Hall–Kier alpha value is -3.13. The summed E-state index contributed by atoms with van der Waals surface area (Å²) >= 11 is 1.44. The highest BCUT2D eigenvalue weighted by Gasteiger charge is 2.18. The molecule has 1 aliphatic heterocycles. The van der Waals surface area contributed by atoms with Gasteiger partial charge >= 0.3 is 0 Å². The van der Waals surface area contributed by atoms with Gasteiger partial charge in [0, 0.05) is 30.2 Å². The van der Waals surface area contributed by atoms with Crippen LogP contribution in [0.15, 0.2) is 41.9 Å².